The lowest BCUT2D eigenvalue weighted by atomic mass is 9.99. The molecular formula is C14H19N3O4. The number of unbranched alkanes of at least 4 members (excludes halogenated alkanes) is 1. The molecule has 1 saturated heterocycles. The van der Waals surface area contributed by atoms with Crippen LogP contribution in [0.5, 0.6) is 0 Å². The van der Waals surface area contributed by atoms with Crippen LogP contribution < -0.4 is 10.6 Å². The number of imide groups is 1. The molecule has 2 rings (SSSR count). The zero-order chi connectivity index (χ0) is 15.5. The van der Waals surface area contributed by atoms with Crippen LogP contribution in [0.4, 0.5) is 4.79 Å². The van der Waals surface area contributed by atoms with Crippen molar-refractivity contribution in [1.82, 2.24) is 15.5 Å². The minimum absolute atomic E-state index is 0.287. The number of hydrogen-bond donors (Lipinski definition) is 2. The zero-order valence-corrected chi connectivity index (χ0v) is 12.1. The van der Waals surface area contributed by atoms with Gasteiger partial charge >= 0.3 is 6.03 Å². The SMILES string of the molecule is CCCCNC(=O)CN1C(=O)NC(C)(c2ccco2)C1=O. The minimum Gasteiger partial charge on any atom is -0.466 e. The lowest BCUT2D eigenvalue weighted by molar-refractivity contribution is -0.135. The monoisotopic (exact) mass is 293 g/mol. The van der Waals surface area contributed by atoms with Gasteiger partial charge in [-0.25, -0.2) is 4.79 Å². The van der Waals surface area contributed by atoms with Gasteiger partial charge in [-0.2, -0.15) is 0 Å². The van der Waals surface area contributed by atoms with Crippen molar-refractivity contribution < 1.29 is 18.8 Å². The summed E-state index contributed by atoms with van der Waals surface area (Å²) in [7, 11) is 0. The molecule has 7 heteroatoms. The number of urea groups is 1. The molecule has 0 bridgehead atoms. The quantitative estimate of drug-likeness (QED) is 0.603. The van der Waals surface area contributed by atoms with Crippen LogP contribution in [0.1, 0.15) is 32.4 Å². The minimum atomic E-state index is -1.26. The number of amides is 4. The molecule has 21 heavy (non-hydrogen) atoms. The average molecular weight is 293 g/mol. The van der Waals surface area contributed by atoms with Gasteiger partial charge in [-0.1, -0.05) is 13.3 Å². The maximum atomic E-state index is 12.4. The molecule has 1 aromatic heterocycles. The normalized spacial score (nSPS) is 21.5. The standard InChI is InChI=1S/C14H19N3O4/c1-3-4-7-15-11(18)9-17-12(19)14(2,16-13(17)20)10-6-5-8-21-10/h5-6,8H,3-4,7,9H2,1-2H3,(H,15,18)(H,16,20). The highest BCUT2D eigenvalue weighted by atomic mass is 16.3. The molecule has 1 aromatic rings. The van der Waals surface area contributed by atoms with Gasteiger partial charge in [0.1, 0.15) is 12.3 Å². The van der Waals surface area contributed by atoms with Gasteiger partial charge in [0.2, 0.25) is 5.91 Å². The molecule has 4 amide bonds. The summed E-state index contributed by atoms with van der Waals surface area (Å²) in [4.78, 5) is 37.0. The molecule has 1 fully saturated rings. The highest BCUT2D eigenvalue weighted by molar-refractivity contribution is 6.08. The summed E-state index contributed by atoms with van der Waals surface area (Å²) in [5.41, 5.74) is -1.26. The molecule has 114 valence electrons. The van der Waals surface area contributed by atoms with E-state index in [1.807, 2.05) is 6.92 Å². The second kappa shape index (κ2) is 5.99. The second-order valence-corrected chi connectivity index (χ2v) is 5.13. The van der Waals surface area contributed by atoms with Crippen molar-refractivity contribution in [2.45, 2.75) is 32.2 Å². The van der Waals surface area contributed by atoms with Gasteiger partial charge in [-0.05, 0) is 25.5 Å². The Bertz CT molecular complexity index is 540. The van der Waals surface area contributed by atoms with Crippen molar-refractivity contribution in [3.05, 3.63) is 24.2 Å². The third-order valence-electron chi connectivity index (χ3n) is 3.44. The largest absolute Gasteiger partial charge is 0.466 e. The van der Waals surface area contributed by atoms with Gasteiger partial charge in [0.05, 0.1) is 6.26 Å². The van der Waals surface area contributed by atoms with E-state index in [1.165, 1.54) is 6.26 Å². The van der Waals surface area contributed by atoms with E-state index in [-0.39, 0.29) is 12.5 Å². The lowest BCUT2D eigenvalue weighted by Crippen LogP contribution is -2.43. The van der Waals surface area contributed by atoms with Gasteiger partial charge < -0.3 is 15.1 Å². The third-order valence-corrected chi connectivity index (χ3v) is 3.44. The molecule has 1 unspecified atom stereocenters. The fraction of sp³-hybridized carbons (Fsp3) is 0.500. The predicted molar refractivity (Wildman–Crippen MR) is 74.2 cm³/mol. The Labute approximate surface area is 122 Å². The summed E-state index contributed by atoms with van der Waals surface area (Å²) >= 11 is 0. The van der Waals surface area contributed by atoms with Crippen LogP contribution in [0.3, 0.4) is 0 Å². The summed E-state index contributed by atoms with van der Waals surface area (Å²) in [6, 6.07) is 2.66. The van der Waals surface area contributed by atoms with Crippen molar-refractivity contribution in [3.63, 3.8) is 0 Å². The first kappa shape index (κ1) is 15.1. The molecule has 0 aliphatic carbocycles. The van der Waals surface area contributed by atoms with E-state index in [9.17, 15) is 14.4 Å². The Morgan fingerprint density at radius 3 is 2.86 bits per heavy atom. The molecule has 2 N–H and O–H groups in total. The maximum absolute atomic E-state index is 12.4. The van der Waals surface area contributed by atoms with Crippen molar-refractivity contribution in [1.29, 1.82) is 0 Å². The average Bonchev–Trinajstić information content (AvgIpc) is 3.04. The molecular weight excluding hydrogens is 274 g/mol. The first-order chi connectivity index (χ1) is 9.99. The highest BCUT2D eigenvalue weighted by Gasteiger charge is 2.51. The number of hydrogen-bond acceptors (Lipinski definition) is 4. The van der Waals surface area contributed by atoms with Crippen LogP contribution in [0.15, 0.2) is 22.8 Å². The molecule has 0 radical (unpaired) electrons. The van der Waals surface area contributed by atoms with Crippen molar-refractivity contribution in [2.75, 3.05) is 13.1 Å². The third kappa shape index (κ3) is 2.91. The fourth-order valence-corrected chi connectivity index (χ4v) is 2.17. The van der Waals surface area contributed by atoms with Crippen LogP contribution in [-0.4, -0.2) is 35.8 Å². The zero-order valence-electron chi connectivity index (χ0n) is 12.1. The fourth-order valence-electron chi connectivity index (χ4n) is 2.17. The number of rotatable bonds is 6. The molecule has 1 aliphatic rings. The van der Waals surface area contributed by atoms with E-state index in [0.29, 0.717) is 12.3 Å². The van der Waals surface area contributed by atoms with Gasteiger partial charge in [0.25, 0.3) is 5.91 Å². The summed E-state index contributed by atoms with van der Waals surface area (Å²) in [5, 5.41) is 5.25. The van der Waals surface area contributed by atoms with Crippen LogP contribution in [-0.2, 0) is 15.1 Å². The Balaban J connectivity index is 2.04. The lowest BCUT2D eigenvalue weighted by Gasteiger charge is -2.18. The van der Waals surface area contributed by atoms with Crippen molar-refractivity contribution >= 4 is 17.8 Å². The van der Waals surface area contributed by atoms with Gasteiger partial charge in [-0.3, -0.25) is 14.5 Å². The number of carbonyl (C=O) groups is 3. The smallest absolute Gasteiger partial charge is 0.325 e. The Hall–Kier alpha value is -2.31. The second-order valence-electron chi connectivity index (χ2n) is 5.13. The van der Waals surface area contributed by atoms with E-state index in [1.54, 1.807) is 19.1 Å². The molecule has 7 nitrogen and oxygen atoms in total. The van der Waals surface area contributed by atoms with E-state index in [4.69, 9.17) is 4.42 Å². The maximum Gasteiger partial charge on any atom is 0.325 e. The van der Waals surface area contributed by atoms with Crippen LogP contribution in [0.25, 0.3) is 0 Å². The van der Waals surface area contributed by atoms with Gasteiger partial charge in [0.15, 0.2) is 5.54 Å². The van der Waals surface area contributed by atoms with Crippen LogP contribution in [0.2, 0.25) is 0 Å². The van der Waals surface area contributed by atoms with E-state index in [2.05, 4.69) is 10.6 Å². The summed E-state index contributed by atoms with van der Waals surface area (Å²) in [6.07, 6.45) is 3.25. The summed E-state index contributed by atoms with van der Waals surface area (Å²) in [5.74, 6) is -0.501. The molecule has 1 aliphatic heterocycles. The Kier molecular flexibility index (Phi) is 4.30. The molecule has 1 atom stereocenters. The van der Waals surface area contributed by atoms with Crippen LogP contribution in [0, 0.1) is 0 Å². The summed E-state index contributed by atoms with van der Waals surface area (Å²) < 4.78 is 5.21. The van der Waals surface area contributed by atoms with Crippen molar-refractivity contribution in [2.24, 2.45) is 0 Å². The van der Waals surface area contributed by atoms with E-state index < -0.39 is 17.5 Å². The van der Waals surface area contributed by atoms with E-state index >= 15 is 0 Å². The topological polar surface area (TPSA) is 91.7 Å². The number of nitrogens with one attached hydrogen (secondary N) is 2. The first-order valence-electron chi connectivity index (χ1n) is 6.94. The first-order valence-corrected chi connectivity index (χ1v) is 6.94. The molecule has 0 saturated carbocycles. The molecule has 0 aromatic carbocycles. The predicted octanol–water partition coefficient (Wildman–Crippen LogP) is 0.963. The number of furan rings is 1. The van der Waals surface area contributed by atoms with Gasteiger partial charge in [0, 0.05) is 6.54 Å². The summed E-state index contributed by atoms with van der Waals surface area (Å²) in [6.45, 7) is 3.82. The molecule has 2 heterocycles. The van der Waals surface area contributed by atoms with E-state index in [0.717, 1.165) is 17.7 Å². The Morgan fingerprint density at radius 1 is 1.48 bits per heavy atom. The Morgan fingerprint density at radius 2 is 2.24 bits per heavy atom. The van der Waals surface area contributed by atoms with Crippen LogP contribution >= 0.6 is 0 Å². The highest BCUT2D eigenvalue weighted by Crippen LogP contribution is 2.28. The van der Waals surface area contributed by atoms with Gasteiger partial charge in [-0.15, -0.1) is 0 Å². The number of carbonyl (C=O) groups excluding carboxylic acids is 3. The van der Waals surface area contributed by atoms with Crippen molar-refractivity contribution in [3.8, 4) is 0 Å². The number of nitrogens with zero attached hydrogens (tertiary/aromatic N) is 1. The molecule has 0 spiro atoms.